The second kappa shape index (κ2) is 5.84. The number of ether oxygens (including phenoxy) is 1. The topological polar surface area (TPSA) is 65.5 Å². The van der Waals surface area contributed by atoms with Crippen LogP contribution in [0.2, 0.25) is 0 Å². The number of benzene rings is 1. The van der Waals surface area contributed by atoms with Crippen molar-refractivity contribution in [3.05, 3.63) is 58.0 Å². The number of rotatable bonds is 4. The van der Waals surface area contributed by atoms with Gasteiger partial charge in [0.15, 0.2) is 0 Å². The van der Waals surface area contributed by atoms with E-state index in [-0.39, 0.29) is 18.9 Å². The Morgan fingerprint density at radius 1 is 1.22 bits per heavy atom. The third kappa shape index (κ3) is 3.21. The molecule has 0 aliphatic carbocycles. The standard InChI is InChI=1S/C13H12BrNO3/c14-10-3-1-9(2-4-10)8-17-13(16)12-6-5-11(7-15)18-12/h1-6H,7-8,15H2. The van der Waals surface area contributed by atoms with Crippen molar-refractivity contribution >= 4 is 21.9 Å². The molecule has 0 unspecified atom stereocenters. The molecule has 18 heavy (non-hydrogen) atoms. The second-order valence-electron chi connectivity index (χ2n) is 3.67. The van der Waals surface area contributed by atoms with Gasteiger partial charge in [0.25, 0.3) is 0 Å². The number of hydrogen-bond donors (Lipinski definition) is 1. The molecule has 94 valence electrons. The molecule has 5 heteroatoms. The minimum atomic E-state index is -0.488. The van der Waals surface area contributed by atoms with Gasteiger partial charge in [-0.05, 0) is 29.8 Å². The van der Waals surface area contributed by atoms with Gasteiger partial charge in [0.2, 0.25) is 5.76 Å². The van der Waals surface area contributed by atoms with Crippen molar-refractivity contribution in [2.45, 2.75) is 13.2 Å². The SMILES string of the molecule is NCc1ccc(C(=O)OCc2ccc(Br)cc2)o1. The molecule has 1 heterocycles. The van der Waals surface area contributed by atoms with E-state index in [0.717, 1.165) is 10.0 Å². The predicted molar refractivity (Wildman–Crippen MR) is 69.9 cm³/mol. The summed E-state index contributed by atoms with van der Waals surface area (Å²) in [6.45, 7) is 0.477. The highest BCUT2D eigenvalue weighted by molar-refractivity contribution is 9.10. The quantitative estimate of drug-likeness (QED) is 0.882. The molecule has 0 radical (unpaired) electrons. The summed E-state index contributed by atoms with van der Waals surface area (Å²) in [5, 5.41) is 0. The second-order valence-corrected chi connectivity index (χ2v) is 4.59. The summed E-state index contributed by atoms with van der Waals surface area (Å²) < 4.78 is 11.3. The van der Waals surface area contributed by atoms with Gasteiger partial charge in [-0.25, -0.2) is 4.79 Å². The van der Waals surface area contributed by atoms with Gasteiger partial charge in [0, 0.05) is 4.47 Å². The minimum absolute atomic E-state index is 0.174. The number of carbonyl (C=O) groups excluding carboxylic acids is 1. The fourth-order valence-electron chi connectivity index (χ4n) is 1.40. The molecule has 0 aliphatic rings. The van der Waals surface area contributed by atoms with Crippen molar-refractivity contribution in [1.29, 1.82) is 0 Å². The highest BCUT2D eigenvalue weighted by Crippen LogP contribution is 2.13. The molecule has 0 saturated carbocycles. The van der Waals surface area contributed by atoms with Gasteiger partial charge in [-0.1, -0.05) is 28.1 Å². The molecule has 4 nitrogen and oxygen atoms in total. The smallest absolute Gasteiger partial charge is 0.374 e. The van der Waals surface area contributed by atoms with Crippen LogP contribution in [0, 0.1) is 0 Å². The summed E-state index contributed by atoms with van der Waals surface area (Å²) in [5.41, 5.74) is 6.31. The average Bonchev–Trinajstić information content (AvgIpc) is 2.86. The number of esters is 1. The first-order chi connectivity index (χ1) is 8.69. The monoisotopic (exact) mass is 309 g/mol. The largest absolute Gasteiger partial charge is 0.455 e. The lowest BCUT2D eigenvalue weighted by atomic mass is 10.2. The van der Waals surface area contributed by atoms with Gasteiger partial charge < -0.3 is 14.9 Å². The molecule has 2 aromatic rings. The zero-order chi connectivity index (χ0) is 13.0. The normalized spacial score (nSPS) is 10.3. The maximum absolute atomic E-state index is 11.6. The molecular formula is C13H12BrNO3. The maximum Gasteiger partial charge on any atom is 0.374 e. The van der Waals surface area contributed by atoms with Crippen molar-refractivity contribution in [2.24, 2.45) is 5.73 Å². The number of furan rings is 1. The number of hydrogen-bond acceptors (Lipinski definition) is 4. The molecule has 0 atom stereocenters. The third-order valence-corrected chi connectivity index (χ3v) is 2.88. The van der Waals surface area contributed by atoms with E-state index >= 15 is 0 Å². The van der Waals surface area contributed by atoms with Crippen molar-refractivity contribution < 1.29 is 13.9 Å². The highest BCUT2D eigenvalue weighted by Gasteiger charge is 2.12. The van der Waals surface area contributed by atoms with Crippen molar-refractivity contribution in [2.75, 3.05) is 0 Å². The van der Waals surface area contributed by atoms with E-state index in [2.05, 4.69) is 15.9 Å². The van der Waals surface area contributed by atoms with Crippen LogP contribution in [0.1, 0.15) is 21.9 Å². The van der Waals surface area contributed by atoms with Crippen molar-refractivity contribution in [3.8, 4) is 0 Å². The van der Waals surface area contributed by atoms with Crippen LogP contribution in [-0.2, 0) is 17.9 Å². The van der Waals surface area contributed by atoms with Gasteiger partial charge in [0.05, 0.1) is 6.54 Å². The van der Waals surface area contributed by atoms with Crippen LogP contribution in [0.15, 0.2) is 45.3 Å². The molecule has 0 spiro atoms. The summed E-state index contributed by atoms with van der Waals surface area (Å²) in [5.74, 6) is 0.246. The summed E-state index contributed by atoms with van der Waals surface area (Å²) in [6, 6.07) is 10.8. The Balaban J connectivity index is 1.93. The fourth-order valence-corrected chi connectivity index (χ4v) is 1.66. The predicted octanol–water partition coefficient (Wildman–Crippen LogP) is 2.86. The van der Waals surface area contributed by atoms with Crippen LogP contribution in [-0.4, -0.2) is 5.97 Å². The number of nitrogens with two attached hydrogens (primary N) is 1. The van der Waals surface area contributed by atoms with E-state index < -0.39 is 5.97 Å². The number of halogens is 1. The summed E-state index contributed by atoms with van der Waals surface area (Å²) in [7, 11) is 0. The Bertz CT molecular complexity index is 533. The van der Waals surface area contributed by atoms with Gasteiger partial charge >= 0.3 is 5.97 Å². The Morgan fingerprint density at radius 3 is 2.56 bits per heavy atom. The molecule has 0 saturated heterocycles. The molecule has 0 bridgehead atoms. The van der Waals surface area contributed by atoms with Gasteiger partial charge in [-0.15, -0.1) is 0 Å². The van der Waals surface area contributed by atoms with Crippen LogP contribution < -0.4 is 5.73 Å². The van der Waals surface area contributed by atoms with E-state index in [1.165, 1.54) is 0 Å². The molecule has 0 aliphatic heterocycles. The summed E-state index contributed by atoms with van der Waals surface area (Å²) >= 11 is 3.34. The van der Waals surface area contributed by atoms with E-state index in [0.29, 0.717) is 5.76 Å². The van der Waals surface area contributed by atoms with E-state index in [4.69, 9.17) is 14.9 Å². The van der Waals surface area contributed by atoms with Gasteiger partial charge in [-0.3, -0.25) is 0 Å². The number of carbonyl (C=O) groups is 1. The lowest BCUT2D eigenvalue weighted by Gasteiger charge is -2.03. The minimum Gasteiger partial charge on any atom is -0.455 e. The average molecular weight is 310 g/mol. The van der Waals surface area contributed by atoms with Crippen molar-refractivity contribution in [1.82, 2.24) is 0 Å². The Hall–Kier alpha value is -1.59. The molecule has 2 rings (SSSR count). The van der Waals surface area contributed by atoms with Gasteiger partial charge in [0.1, 0.15) is 12.4 Å². The summed E-state index contributed by atoms with van der Waals surface area (Å²) in [4.78, 5) is 11.6. The molecule has 2 N–H and O–H groups in total. The highest BCUT2D eigenvalue weighted by atomic mass is 79.9. The first-order valence-electron chi connectivity index (χ1n) is 5.39. The molecular weight excluding hydrogens is 298 g/mol. The van der Waals surface area contributed by atoms with Crippen LogP contribution in [0.4, 0.5) is 0 Å². The zero-order valence-electron chi connectivity index (χ0n) is 9.56. The Kier molecular flexibility index (Phi) is 4.17. The zero-order valence-corrected chi connectivity index (χ0v) is 11.1. The van der Waals surface area contributed by atoms with Crippen LogP contribution in [0.25, 0.3) is 0 Å². The first kappa shape index (κ1) is 12.9. The Morgan fingerprint density at radius 2 is 1.94 bits per heavy atom. The molecule has 0 fully saturated rings. The third-order valence-electron chi connectivity index (χ3n) is 2.35. The molecule has 1 aromatic heterocycles. The van der Waals surface area contributed by atoms with Crippen molar-refractivity contribution in [3.63, 3.8) is 0 Å². The first-order valence-corrected chi connectivity index (χ1v) is 6.18. The summed E-state index contributed by atoms with van der Waals surface area (Å²) in [6.07, 6.45) is 0. The van der Waals surface area contributed by atoms with Crippen LogP contribution in [0.5, 0.6) is 0 Å². The van der Waals surface area contributed by atoms with E-state index in [9.17, 15) is 4.79 Å². The van der Waals surface area contributed by atoms with E-state index in [1.54, 1.807) is 12.1 Å². The van der Waals surface area contributed by atoms with Crippen LogP contribution in [0.3, 0.4) is 0 Å². The van der Waals surface area contributed by atoms with Gasteiger partial charge in [-0.2, -0.15) is 0 Å². The molecule has 1 aromatic carbocycles. The van der Waals surface area contributed by atoms with Crippen LogP contribution >= 0.6 is 15.9 Å². The lowest BCUT2D eigenvalue weighted by Crippen LogP contribution is -2.04. The Labute approximate surface area is 113 Å². The lowest BCUT2D eigenvalue weighted by molar-refractivity contribution is 0.0434. The van der Waals surface area contributed by atoms with E-state index in [1.807, 2.05) is 24.3 Å². The molecule has 0 amide bonds. The fraction of sp³-hybridized carbons (Fsp3) is 0.154. The maximum atomic E-state index is 11.6.